The number of nitrogen functional groups attached to an aromatic ring is 1. The molecule has 3 unspecified atom stereocenters. The standard InChI is InChI=1S/C20H31N3O3S/c1-26-17-12-15(21)18(27(2)25)11-14(17)20(24)23-19(16-9-6-10-22-16)13-7-4-3-5-8-13/h11-13,16,19,22H,3-10,21H2,1-2H3,(H,23,24). The maximum Gasteiger partial charge on any atom is 0.255 e. The first-order chi connectivity index (χ1) is 13.0. The largest absolute Gasteiger partial charge is 0.496 e. The van der Waals surface area contributed by atoms with E-state index in [-0.39, 0.29) is 11.9 Å². The van der Waals surface area contributed by atoms with Gasteiger partial charge in [-0.1, -0.05) is 19.3 Å². The summed E-state index contributed by atoms with van der Waals surface area (Å²) in [5, 5.41) is 6.85. The first-order valence-corrected chi connectivity index (χ1v) is 11.4. The highest BCUT2D eigenvalue weighted by Gasteiger charge is 2.34. The van der Waals surface area contributed by atoms with Crippen molar-refractivity contribution in [2.45, 2.75) is 61.9 Å². The summed E-state index contributed by atoms with van der Waals surface area (Å²) in [6.45, 7) is 1.01. The molecule has 1 aliphatic heterocycles. The fraction of sp³-hybridized carbons (Fsp3) is 0.650. The average molecular weight is 394 g/mol. The molecule has 7 heteroatoms. The monoisotopic (exact) mass is 393 g/mol. The van der Waals surface area contributed by atoms with E-state index in [9.17, 15) is 9.00 Å². The van der Waals surface area contributed by atoms with E-state index in [0.717, 1.165) is 32.2 Å². The third-order valence-electron chi connectivity index (χ3n) is 5.87. The van der Waals surface area contributed by atoms with E-state index in [4.69, 9.17) is 10.5 Å². The predicted octanol–water partition coefficient (Wildman–Crippen LogP) is 2.45. The molecule has 1 amide bonds. The van der Waals surface area contributed by atoms with Gasteiger partial charge in [0.05, 0.1) is 34.1 Å². The number of hydrogen-bond acceptors (Lipinski definition) is 5. The molecule has 1 saturated carbocycles. The van der Waals surface area contributed by atoms with E-state index in [2.05, 4.69) is 10.6 Å². The Morgan fingerprint density at radius 1 is 1.26 bits per heavy atom. The number of ether oxygens (including phenoxy) is 1. The summed E-state index contributed by atoms with van der Waals surface area (Å²) in [5.74, 6) is 0.738. The van der Waals surface area contributed by atoms with E-state index in [1.807, 2.05) is 0 Å². The second-order valence-electron chi connectivity index (χ2n) is 7.64. The molecule has 2 aliphatic rings. The van der Waals surface area contributed by atoms with Crippen molar-refractivity contribution in [2.75, 3.05) is 25.6 Å². The van der Waals surface area contributed by atoms with Crippen molar-refractivity contribution in [1.82, 2.24) is 10.6 Å². The Morgan fingerprint density at radius 2 is 2.00 bits per heavy atom. The lowest BCUT2D eigenvalue weighted by Gasteiger charge is -2.35. The zero-order valence-electron chi connectivity index (χ0n) is 16.3. The second kappa shape index (κ2) is 9.06. The van der Waals surface area contributed by atoms with Crippen LogP contribution in [0.2, 0.25) is 0 Å². The molecule has 0 bridgehead atoms. The van der Waals surface area contributed by atoms with Crippen molar-refractivity contribution < 1.29 is 13.7 Å². The van der Waals surface area contributed by atoms with Crippen LogP contribution in [0.5, 0.6) is 5.75 Å². The fourth-order valence-corrected chi connectivity index (χ4v) is 5.13. The molecule has 4 N–H and O–H groups in total. The number of carbonyl (C=O) groups excluding carboxylic acids is 1. The third-order valence-corrected chi connectivity index (χ3v) is 6.85. The smallest absolute Gasteiger partial charge is 0.255 e. The number of carbonyl (C=O) groups is 1. The van der Waals surface area contributed by atoms with Crippen molar-refractivity contribution in [3.63, 3.8) is 0 Å². The summed E-state index contributed by atoms with van der Waals surface area (Å²) < 4.78 is 17.3. The maximum atomic E-state index is 13.2. The minimum absolute atomic E-state index is 0.109. The van der Waals surface area contributed by atoms with Crippen LogP contribution in [0.1, 0.15) is 55.3 Å². The van der Waals surface area contributed by atoms with E-state index < -0.39 is 10.8 Å². The molecule has 2 fully saturated rings. The summed E-state index contributed by atoms with van der Waals surface area (Å²) in [6, 6.07) is 3.63. The van der Waals surface area contributed by atoms with Gasteiger partial charge in [0.15, 0.2) is 0 Å². The van der Waals surface area contributed by atoms with Gasteiger partial charge in [-0.25, -0.2) is 0 Å². The van der Waals surface area contributed by atoms with Crippen LogP contribution in [0.25, 0.3) is 0 Å². The highest BCUT2D eigenvalue weighted by molar-refractivity contribution is 7.84. The van der Waals surface area contributed by atoms with Crippen LogP contribution in [0.15, 0.2) is 17.0 Å². The van der Waals surface area contributed by atoms with Crippen molar-refractivity contribution in [1.29, 1.82) is 0 Å². The Labute approximate surface area is 164 Å². The Kier molecular flexibility index (Phi) is 6.76. The highest BCUT2D eigenvalue weighted by atomic mass is 32.2. The number of anilines is 1. The zero-order chi connectivity index (χ0) is 19.4. The molecule has 1 saturated heterocycles. The number of rotatable bonds is 6. The summed E-state index contributed by atoms with van der Waals surface area (Å²) in [5.41, 5.74) is 6.75. The Bertz CT molecular complexity index is 698. The van der Waals surface area contributed by atoms with Crippen molar-refractivity contribution in [3.05, 3.63) is 17.7 Å². The molecule has 27 heavy (non-hydrogen) atoms. The average Bonchev–Trinajstić information content (AvgIpc) is 3.20. The molecule has 3 rings (SSSR count). The van der Waals surface area contributed by atoms with Crippen LogP contribution >= 0.6 is 0 Å². The first-order valence-electron chi connectivity index (χ1n) is 9.86. The Balaban J connectivity index is 1.86. The number of benzene rings is 1. The molecule has 1 aromatic carbocycles. The molecule has 150 valence electrons. The lowest BCUT2D eigenvalue weighted by atomic mass is 9.80. The normalized spacial score (nSPS) is 23.0. The molecule has 3 atom stereocenters. The van der Waals surface area contributed by atoms with Crippen molar-refractivity contribution >= 4 is 22.4 Å². The van der Waals surface area contributed by atoms with Gasteiger partial charge in [0, 0.05) is 24.4 Å². The lowest BCUT2D eigenvalue weighted by molar-refractivity contribution is 0.0893. The van der Waals surface area contributed by atoms with Gasteiger partial charge in [0.25, 0.3) is 5.91 Å². The second-order valence-corrected chi connectivity index (χ2v) is 8.99. The molecule has 1 heterocycles. The SMILES string of the molecule is COc1cc(N)c(S(C)=O)cc1C(=O)NC(C1CCCCC1)C1CCCN1. The van der Waals surface area contributed by atoms with Gasteiger partial charge in [-0.2, -0.15) is 0 Å². The number of methoxy groups -OCH3 is 1. The van der Waals surface area contributed by atoms with E-state index >= 15 is 0 Å². The molecular weight excluding hydrogens is 362 g/mol. The number of nitrogens with one attached hydrogen (secondary N) is 2. The fourth-order valence-electron chi connectivity index (χ4n) is 4.46. The summed E-state index contributed by atoms with van der Waals surface area (Å²) >= 11 is 0. The summed E-state index contributed by atoms with van der Waals surface area (Å²) in [7, 11) is 0.250. The number of amides is 1. The molecule has 0 spiro atoms. The van der Waals surface area contributed by atoms with E-state index in [0.29, 0.717) is 33.9 Å². The quantitative estimate of drug-likeness (QED) is 0.646. The van der Waals surface area contributed by atoms with E-state index in [1.54, 1.807) is 18.4 Å². The molecule has 6 nitrogen and oxygen atoms in total. The highest BCUT2D eigenvalue weighted by Crippen LogP contribution is 2.31. The van der Waals surface area contributed by atoms with Gasteiger partial charge in [-0.05, 0) is 44.2 Å². The van der Waals surface area contributed by atoms with Crippen LogP contribution in [0.4, 0.5) is 5.69 Å². The van der Waals surface area contributed by atoms with Crippen LogP contribution in [-0.2, 0) is 10.8 Å². The Morgan fingerprint density at radius 3 is 2.59 bits per heavy atom. The number of nitrogens with two attached hydrogens (primary N) is 1. The van der Waals surface area contributed by atoms with Gasteiger partial charge in [-0.3, -0.25) is 9.00 Å². The van der Waals surface area contributed by atoms with E-state index in [1.165, 1.54) is 26.4 Å². The van der Waals surface area contributed by atoms with Crippen LogP contribution in [0, 0.1) is 5.92 Å². The molecule has 1 aliphatic carbocycles. The van der Waals surface area contributed by atoms with Gasteiger partial charge >= 0.3 is 0 Å². The van der Waals surface area contributed by atoms with Gasteiger partial charge in [-0.15, -0.1) is 0 Å². The Hall–Kier alpha value is -1.60. The molecular formula is C20H31N3O3S. The lowest BCUT2D eigenvalue weighted by Crippen LogP contribution is -2.52. The maximum absolute atomic E-state index is 13.2. The minimum atomic E-state index is -1.27. The van der Waals surface area contributed by atoms with Crippen LogP contribution in [-0.4, -0.2) is 42.1 Å². The molecule has 0 radical (unpaired) electrons. The summed E-state index contributed by atoms with van der Waals surface area (Å²) in [6.07, 6.45) is 9.86. The molecule has 1 aromatic rings. The minimum Gasteiger partial charge on any atom is -0.496 e. The molecule has 0 aromatic heterocycles. The van der Waals surface area contributed by atoms with Crippen LogP contribution in [0.3, 0.4) is 0 Å². The topological polar surface area (TPSA) is 93.5 Å². The number of hydrogen-bond donors (Lipinski definition) is 3. The predicted molar refractivity (Wildman–Crippen MR) is 109 cm³/mol. The van der Waals surface area contributed by atoms with Gasteiger partial charge in [0.1, 0.15) is 5.75 Å². The third kappa shape index (κ3) is 4.63. The zero-order valence-corrected chi connectivity index (χ0v) is 17.1. The first kappa shape index (κ1) is 20.1. The van der Waals surface area contributed by atoms with Gasteiger partial charge in [0.2, 0.25) is 0 Å². The van der Waals surface area contributed by atoms with Crippen molar-refractivity contribution in [3.8, 4) is 5.75 Å². The van der Waals surface area contributed by atoms with Gasteiger partial charge < -0.3 is 21.1 Å². The summed E-state index contributed by atoms with van der Waals surface area (Å²) in [4.78, 5) is 13.6. The van der Waals surface area contributed by atoms with Crippen molar-refractivity contribution in [2.24, 2.45) is 5.92 Å². The van der Waals surface area contributed by atoms with Crippen LogP contribution < -0.4 is 21.1 Å².